The van der Waals surface area contributed by atoms with Gasteiger partial charge in [0.15, 0.2) is 0 Å². The number of benzene rings is 2. The maximum atomic E-state index is 12.8. The molecule has 1 N–H and O–H groups in total. The van der Waals surface area contributed by atoms with Crippen molar-refractivity contribution in [3.8, 4) is 5.75 Å². The van der Waals surface area contributed by atoms with E-state index in [0.29, 0.717) is 19.7 Å². The van der Waals surface area contributed by atoms with E-state index in [-0.39, 0.29) is 11.6 Å². The number of hydrogen-bond acceptors (Lipinski definition) is 5. The van der Waals surface area contributed by atoms with E-state index < -0.39 is 0 Å². The van der Waals surface area contributed by atoms with Crippen LogP contribution in [0.15, 0.2) is 54.6 Å². The molecule has 2 aromatic carbocycles. The summed E-state index contributed by atoms with van der Waals surface area (Å²) < 4.78 is 11.2. The molecule has 2 saturated heterocycles. The van der Waals surface area contributed by atoms with Crippen molar-refractivity contribution >= 4 is 6.09 Å². The molecule has 29 heavy (non-hydrogen) atoms. The Labute approximate surface area is 172 Å². The lowest BCUT2D eigenvalue weighted by Crippen LogP contribution is -2.71. The van der Waals surface area contributed by atoms with Crippen LogP contribution in [0.1, 0.15) is 11.1 Å². The van der Waals surface area contributed by atoms with Gasteiger partial charge in [-0.05, 0) is 23.6 Å². The van der Waals surface area contributed by atoms with Crippen LogP contribution < -0.4 is 10.1 Å². The second-order valence-electron chi connectivity index (χ2n) is 7.84. The zero-order chi connectivity index (χ0) is 20.1. The number of amides is 1. The van der Waals surface area contributed by atoms with Gasteiger partial charge in [-0.1, -0.05) is 48.5 Å². The summed E-state index contributed by atoms with van der Waals surface area (Å²) in [6, 6.07) is 18.0. The molecule has 0 saturated carbocycles. The highest BCUT2D eigenvalue weighted by Crippen LogP contribution is 2.31. The Bertz CT molecular complexity index is 829. The molecule has 4 rings (SSSR count). The van der Waals surface area contributed by atoms with Crippen LogP contribution in [0.2, 0.25) is 0 Å². The minimum Gasteiger partial charge on any atom is -0.496 e. The highest BCUT2D eigenvalue weighted by Gasteiger charge is 2.45. The van der Waals surface area contributed by atoms with E-state index in [0.717, 1.165) is 43.9 Å². The van der Waals surface area contributed by atoms with Crippen molar-refractivity contribution in [1.82, 2.24) is 15.1 Å². The fraction of sp³-hybridized carbons (Fsp3) is 0.435. The molecule has 6 nitrogen and oxygen atoms in total. The van der Waals surface area contributed by atoms with Crippen LogP contribution in [0.4, 0.5) is 4.79 Å². The number of carbonyl (C=O) groups excluding carboxylic acids is 1. The molecular weight excluding hydrogens is 366 g/mol. The van der Waals surface area contributed by atoms with Crippen molar-refractivity contribution in [1.29, 1.82) is 0 Å². The lowest BCUT2D eigenvalue weighted by atomic mass is 9.84. The summed E-state index contributed by atoms with van der Waals surface area (Å²) in [5, 5.41) is 3.54. The largest absolute Gasteiger partial charge is 0.496 e. The number of piperazine rings is 2. The van der Waals surface area contributed by atoms with Crippen molar-refractivity contribution in [2.45, 2.75) is 18.6 Å². The van der Waals surface area contributed by atoms with Crippen LogP contribution in [0.5, 0.6) is 5.75 Å². The van der Waals surface area contributed by atoms with Crippen LogP contribution in [0.3, 0.4) is 0 Å². The van der Waals surface area contributed by atoms with Crippen molar-refractivity contribution in [2.75, 3.05) is 46.4 Å². The predicted octanol–water partition coefficient (Wildman–Crippen LogP) is 2.53. The van der Waals surface area contributed by atoms with E-state index in [1.165, 1.54) is 5.56 Å². The lowest BCUT2D eigenvalue weighted by molar-refractivity contribution is -0.0202. The molecule has 2 aliphatic rings. The molecule has 2 heterocycles. The molecule has 0 spiro atoms. The summed E-state index contributed by atoms with van der Waals surface area (Å²) in [5.74, 6) is 0.899. The minimum absolute atomic E-state index is 0.156. The number of ether oxygens (including phenoxy) is 2. The molecule has 6 heteroatoms. The Morgan fingerprint density at radius 3 is 2.69 bits per heavy atom. The fourth-order valence-corrected chi connectivity index (χ4v) is 4.46. The van der Waals surface area contributed by atoms with Crippen molar-refractivity contribution in [3.05, 3.63) is 65.7 Å². The van der Waals surface area contributed by atoms with E-state index in [2.05, 4.69) is 16.3 Å². The van der Waals surface area contributed by atoms with Gasteiger partial charge in [-0.25, -0.2) is 4.79 Å². The average Bonchev–Trinajstić information content (AvgIpc) is 2.78. The third kappa shape index (κ3) is 4.38. The first-order valence-corrected chi connectivity index (χ1v) is 10.2. The smallest absolute Gasteiger partial charge is 0.410 e. The monoisotopic (exact) mass is 395 g/mol. The second kappa shape index (κ2) is 8.84. The van der Waals surface area contributed by atoms with Crippen LogP contribution in [0, 0.1) is 0 Å². The Kier molecular flexibility index (Phi) is 6.02. The van der Waals surface area contributed by atoms with Crippen LogP contribution in [-0.2, 0) is 17.8 Å². The van der Waals surface area contributed by atoms with Gasteiger partial charge < -0.3 is 19.7 Å². The molecular formula is C23H29N3O3. The third-order valence-corrected chi connectivity index (χ3v) is 5.98. The van der Waals surface area contributed by atoms with E-state index in [9.17, 15) is 4.79 Å². The molecule has 0 aliphatic carbocycles. The Balaban J connectivity index is 1.49. The molecule has 2 aliphatic heterocycles. The Hall–Kier alpha value is -2.57. The quantitative estimate of drug-likeness (QED) is 0.843. The fourth-order valence-electron chi connectivity index (χ4n) is 4.46. The van der Waals surface area contributed by atoms with Gasteiger partial charge >= 0.3 is 6.09 Å². The van der Waals surface area contributed by atoms with Gasteiger partial charge in [-0.2, -0.15) is 0 Å². The molecule has 1 amide bonds. The number of fused-ring (bicyclic) bond motifs is 1. The molecule has 0 radical (unpaired) electrons. The Morgan fingerprint density at radius 1 is 1.07 bits per heavy atom. The minimum atomic E-state index is -0.238. The van der Waals surface area contributed by atoms with Gasteiger partial charge in [0.05, 0.1) is 12.6 Å². The number of methoxy groups -OCH3 is 1. The molecule has 1 atom stereocenters. The van der Waals surface area contributed by atoms with Gasteiger partial charge in [-0.15, -0.1) is 0 Å². The van der Waals surface area contributed by atoms with E-state index in [4.69, 9.17) is 9.47 Å². The maximum absolute atomic E-state index is 12.8. The van der Waals surface area contributed by atoms with Crippen LogP contribution >= 0.6 is 0 Å². The predicted molar refractivity (Wildman–Crippen MR) is 112 cm³/mol. The van der Waals surface area contributed by atoms with Crippen molar-refractivity contribution in [2.24, 2.45) is 0 Å². The van der Waals surface area contributed by atoms with Gasteiger partial charge in [0.1, 0.15) is 12.4 Å². The summed E-state index contributed by atoms with van der Waals surface area (Å²) >= 11 is 0. The molecule has 0 aromatic heterocycles. The first kappa shape index (κ1) is 19.7. The second-order valence-corrected chi connectivity index (χ2v) is 7.84. The zero-order valence-electron chi connectivity index (χ0n) is 17.0. The van der Waals surface area contributed by atoms with E-state index in [1.807, 2.05) is 53.4 Å². The van der Waals surface area contributed by atoms with Crippen LogP contribution in [-0.4, -0.2) is 67.8 Å². The molecule has 1 unspecified atom stereocenters. The van der Waals surface area contributed by atoms with Crippen LogP contribution in [0.25, 0.3) is 0 Å². The first-order chi connectivity index (χ1) is 14.2. The molecule has 154 valence electrons. The molecule has 2 aromatic rings. The topological polar surface area (TPSA) is 54.0 Å². The SMILES string of the molecule is COc1ccccc1CC12CNCCN1CCN(C(=O)OCc1ccccc1)C2. The summed E-state index contributed by atoms with van der Waals surface area (Å²) in [6.45, 7) is 5.31. The van der Waals surface area contributed by atoms with Crippen molar-refractivity contribution < 1.29 is 14.3 Å². The van der Waals surface area contributed by atoms with Gasteiger partial charge in [0.25, 0.3) is 0 Å². The zero-order valence-corrected chi connectivity index (χ0v) is 17.0. The average molecular weight is 396 g/mol. The number of rotatable bonds is 5. The maximum Gasteiger partial charge on any atom is 0.410 e. The third-order valence-electron chi connectivity index (χ3n) is 5.98. The normalized spacial score (nSPS) is 22.0. The number of para-hydroxylation sites is 1. The summed E-state index contributed by atoms with van der Waals surface area (Å²) in [4.78, 5) is 17.2. The lowest BCUT2D eigenvalue weighted by Gasteiger charge is -2.53. The molecule has 0 bridgehead atoms. The van der Waals surface area contributed by atoms with E-state index in [1.54, 1.807) is 7.11 Å². The van der Waals surface area contributed by atoms with E-state index >= 15 is 0 Å². The van der Waals surface area contributed by atoms with Crippen molar-refractivity contribution in [3.63, 3.8) is 0 Å². The van der Waals surface area contributed by atoms with Gasteiger partial charge in [0, 0.05) is 39.3 Å². The molecule has 2 fully saturated rings. The standard InChI is InChI=1S/C23H29N3O3/c1-28-21-10-6-5-9-20(21)15-23-17-24-11-12-26(23)14-13-25(18-23)22(27)29-16-19-7-3-2-4-8-19/h2-10,24H,11-18H2,1H3. The number of nitrogens with zero attached hydrogens (tertiary/aromatic N) is 2. The summed E-state index contributed by atoms with van der Waals surface area (Å²) in [5.41, 5.74) is 2.02. The number of hydrogen-bond donors (Lipinski definition) is 1. The number of nitrogens with one attached hydrogen (secondary N) is 1. The number of carbonyl (C=O) groups is 1. The highest BCUT2D eigenvalue weighted by molar-refractivity contribution is 5.68. The summed E-state index contributed by atoms with van der Waals surface area (Å²) in [7, 11) is 1.71. The van der Waals surface area contributed by atoms with Gasteiger partial charge in [-0.3, -0.25) is 4.90 Å². The Morgan fingerprint density at radius 2 is 1.86 bits per heavy atom. The highest BCUT2D eigenvalue weighted by atomic mass is 16.6. The van der Waals surface area contributed by atoms with Gasteiger partial charge in [0.2, 0.25) is 0 Å². The summed E-state index contributed by atoms with van der Waals surface area (Å²) in [6.07, 6.45) is 0.588. The first-order valence-electron chi connectivity index (χ1n) is 10.2.